The predicted molar refractivity (Wildman–Crippen MR) is 74.9 cm³/mol. The molecule has 0 unspecified atom stereocenters. The van der Waals surface area contributed by atoms with Crippen molar-refractivity contribution in [2.24, 2.45) is 5.73 Å². The molecule has 4 N–H and O–H groups in total. The summed E-state index contributed by atoms with van der Waals surface area (Å²) in [4.78, 5) is 23.3. The molecule has 1 aromatic rings. The first-order valence-electron chi connectivity index (χ1n) is 6.96. The number of amides is 2. The van der Waals surface area contributed by atoms with E-state index in [1.807, 2.05) is 6.92 Å². The molecule has 0 aromatic carbocycles. The van der Waals surface area contributed by atoms with Gasteiger partial charge in [-0.2, -0.15) is 5.10 Å². The van der Waals surface area contributed by atoms with E-state index in [1.54, 1.807) is 6.20 Å². The Labute approximate surface area is 117 Å². The maximum atomic E-state index is 11.7. The van der Waals surface area contributed by atoms with E-state index in [4.69, 9.17) is 5.73 Å². The number of carbonyl (C=O) groups is 2. The molecule has 1 heterocycles. The van der Waals surface area contributed by atoms with Crippen LogP contribution in [0.15, 0.2) is 12.4 Å². The Morgan fingerprint density at radius 2 is 2.30 bits per heavy atom. The third kappa shape index (κ3) is 4.34. The van der Waals surface area contributed by atoms with Gasteiger partial charge in [-0.25, -0.2) is 0 Å². The van der Waals surface area contributed by atoms with Crippen molar-refractivity contribution < 1.29 is 9.59 Å². The Morgan fingerprint density at radius 3 is 2.95 bits per heavy atom. The van der Waals surface area contributed by atoms with Crippen molar-refractivity contribution >= 4 is 17.5 Å². The SMILES string of the molecule is CCC[C@H](N)C(=O)Nc1cnn(CC(=O)NC2CC2)c1. The van der Waals surface area contributed by atoms with Gasteiger partial charge in [0.2, 0.25) is 11.8 Å². The average Bonchev–Trinajstić information content (AvgIpc) is 3.09. The van der Waals surface area contributed by atoms with E-state index in [2.05, 4.69) is 15.7 Å². The van der Waals surface area contributed by atoms with Crippen LogP contribution in [0.25, 0.3) is 0 Å². The normalized spacial score (nSPS) is 15.7. The molecular formula is C13H21N5O2. The number of nitrogens with two attached hydrogens (primary N) is 1. The van der Waals surface area contributed by atoms with Gasteiger partial charge in [0.25, 0.3) is 0 Å². The molecule has 1 aliphatic rings. The second-order valence-electron chi connectivity index (χ2n) is 5.15. The zero-order valence-corrected chi connectivity index (χ0v) is 11.6. The van der Waals surface area contributed by atoms with Crippen molar-refractivity contribution in [1.82, 2.24) is 15.1 Å². The van der Waals surface area contributed by atoms with Gasteiger partial charge in [-0.15, -0.1) is 0 Å². The Bertz CT molecular complexity index is 481. The molecular weight excluding hydrogens is 258 g/mol. The van der Waals surface area contributed by atoms with Crippen molar-refractivity contribution in [2.75, 3.05) is 5.32 Å². The highest BCUT2D eigenvalue weighted by Crippen LogP contribution is 2.18. The first-order valence-corrected chi connectivity index (χ1v) is 6.96. The summed E-state index contributed by atoms with van der Waals surface area (Å²) in [5.41, 5.74) is 6.28. The topological polar surface area (TPSA) is 102 Å². The number of hydrogen-bond donors (Lipinski definition) is 3. The van der Waals surface area contributed by atoms with Gasteiger partial charge < -0.3 is 16.4 Å². The molecule has 1 aromatic heterocycles. The fourth-order valence-electron chi connectivity index (χ4n) is 1.84. The van der Waals surface area contributed by atoms with Crippen LogP contribution < -0.4 is 16.4 Å². The van der Waals surface area contributed by atoms with Crippen LogP contribution in [0.4, 0.5) is 5.69 Å². The lowest BCUT2D eigenvalue weighted by atomic mass is 10.2. The largest absolute Gasteiger partial charge is 0.352 e. The van der Waals surface area contributed by atoms with Crippen LogP contribution in [-0.2, 0) is 16.1 Å². The highest BCUT2D eigenvalue weighted by atomic mass is 16.2. The van der Waals surface area contributed by atoms with E-state index < -0.39 is 6.04 Å². The summed E-state index contributed by atoms with van der Waals surface area (Å²) >= 11 is 0. The summed E-state index contributed by atoms with van der Waals surface area (Å²) in [7, 11) is 0. The van der Waals surface area contributed by atoms with Crippen LogP contribution in [0.2, 0.25) is 0 Å². The second kappa shape index (κ2) is 6.51. The van der Waals surface area contributed by atoms with Gasteiger partial charge in [-0.05, 0) is 19.3 Å². The van der Waals surface area contributed by atoms with Gasteiger partial charge in [-0.3, -0.25) is 14.3 Å². The quantitative estimate of drug-likeness (QED) is 0.664. The fourth-order valence-corrected chi connectivity index (χ4v) is 1.84. The number of anilines is 1. The van der Waals surface area contributed by atoms with Crippen molar-refractivity contribution in [1.29, 1.82) is 0 Å². The van der Waals surface area contributed by atoms with Crippen LogP contribution in [0.3, 0.4) is 0 Å². The van der Waals surface area contributed by atoms with Gasteiger partial charge >= 0.3 is 0 Å². The number of nitrogens with one attached hydrogen (secondary N) is 2. The van der Waals surface area contributed by atoms with Gasteiger partial charge in [0.15, 0.2) is 0 Å². The van der Waals surface area contributed by atoms with Crippen LogP contribution >= 0.6 is 0 Å². The zero-order valence-electron chi connectivity index (χ0n) is 11.6. The maximum Gasteiger partial charge on any atom is 0.241 e. The third-order valence-electron chi connectivity index (χ3n) is 3.09. The van der Waals surface area contributed by atoms with Crippen molar-refractivity contribution in [3.05, 3.63) is 12.4 Å². The van der Waals surface area contributed by atoms with Crippen LogP contribution in [0, 0.1) is 0 Å². The van der Waals surface area contributed by atoms with Crippen LogP contribution in [-0.4, -0.2) is 33.7 Å². The van der Waals surface area contributed by atoms with Crippen molar-refractivity contribution in [2.45, 2.75) is 51.2 Å². The summed E-state index contributed by atoms with van der Waals surface area (Å²) in [6.45, 7) is 2.14. The van der Waals surface area contributed by atoms with E-state index >= 15 is 0 Å². The molecule has 0 radical (unpaired) electrons. The monoisotopic (exact) mass is 279 g/mol. The molecule has 2 rings (SSSR count). The third-order valence-corrected chi connectivity index (χ3v) is 3.09. The van der Waals surface area contributed by atoms with Gasteiger partial charge in [0.05, 0.1) is 17.9 Å². The second-order valence-corrected chi connectivity index (χ2v) is 5.15. The van der Waals surface area contributed by atoms with Crippen LogP contribution in [0.5, 0.6) is 0 Å². The van der Waals surface area contributed by atoms with E-state index in [0.29, 0.717) is 18.2 Å². The van der Waals surface area contributed by atoms with Crippen molar-refractivity contribution in [3.8, 4) is 0 Å². The van der Waals surface area contributed by atoms with Crippen LogP contribution in [0.1, 0.15) is 32.6 Å². The Morgan fingerprint density at radius 1 is 1.55 bits per heavy atom. The summed E-state index contributed by atoms with van der Waals surface area (Å²) in [6, 6.07) is -0.175. The van der Waals surface area contributed by atoms with E-state index in [-0.39, 0.29) is 18.4 Å². The number of rotatable bonds is 7. The smallest absolute Gasteiger partial charge is 0.241 e. The lowest BCUT2D eigenvalue weighted by molar-refractivity contribution is -0.122. The Balaban J connectivity index is 1.81. The predicted octanol–water partition coefficient (Wildman–Crippen LogP) is 0.228. The van der Waals surface area contributed by atoms with Gasteiger partial charge in [0, 0.05) is 12.2 Å². The molecule has 7 heteroatoms. The molecule has 110 valence electrons. The standard InChI is InChI=1S/C13H21N5O2/c1-2-3-11(14)13(20)17-10-6-15-18(7-10)8-12(19)16-9-4-5-9/h6-7,9,11H,2-5,8,14H2,1H3,(H,16,19)(H,17,20)/t11-/m0/s1. The lowest BCUT2D eigenvalue weighted by Crippen LogP contribution is -2.35. The molecule has 0 bridgehead atoms. The minimum Gasteiger partial charge on any atom is -0.352 e. The Hall–Kier alpha value is -1.89. The molecule has 20 heavy (non-hydrogen) atoms. The number of nitrogens with zero attached hydrogens (tertiary/aromatic N) is 2. The molecule has 1 atom stereocenters. The van der Waals surface area contributed by atoms with Gasteiger partial charge in [-0.1, -0.05) is 13.3 Å². The molecule has 1 aliphatic carbocycles. The highest BCUT2D eigenvalue weighted by Gasteiger charge is 2.23. The molecule has 0 saturated heterocycles. The number of hydrogen-bond acceptors (Lipinski definition) is 4. The molecule has 1 fully saturated rings. The number of carbonyl (C=O) groups excluding carboxylic acids is 2. The molecule has 7 nitrogen and oxygen atoms in total. The van der Waals surface area contributed by atoms with E-state index in [0.717, 1.165) is 19.3 Å². The summed E-state index contributed by atoms with van der Waals surface area (Å²) in [6.07, 6.45) is 6.76. The van der Waals surface area contributed by atoms with Gasteiger partial charge in [0.1, 0.15) is 6.54 Å². The van der Waals surface area contributed by atoms with E-state index in [9.17, 15) is 9.59 Å². The highest BCUT2D eigenvalue weighted by molar-refractivity contribution is 5.94. The molecule has 0 aliphatic heterocycles. The molecule has 2 amide bonds. The minimum atomic E-state index is -0.512. The van der Waals surface area contributed by atoms with Crippen molar-refractivity contribution in [3.63, 3.8) is 0 Å². The summed E-state index contributed by atoms with van der Waals surface area (Å²) in [5, 5.41) is 9.62. The fraction of sp³-hybridized carbons (Fsp3) is 0.615. The Kier molecular flexibility index (Phi) is 4.73. The first kappa shape index (κ1) is 14.5. The average molecular weight is 279 g/mol. The minimum absolute atomic E-state index is 0.0591. The first-order chi connectivity index (χ1) is 9.58. The van der Waals surface area contributed by atoms with E-state index in [1.165, 1.54) is 10.9 Å². The summed E-state index contributed by atoms with van der Waals surface area (Å²) < 4.78 is 1.50. The molecule has 0 spiro atoms. The lowest BCUT2D eigenvalue weighted by Gasteiger charge is -2.09. The number of aromatic nitrogens is 2. The zero-order chi connectivity index (χ0) is 14.5. The molecule has 1 saturated carbocycles. The summed E-state index contributed by atoms with van der Waals surface area (Å²) in [5.74, 6) is -0.287. The maximum absolute atomic E-state index is 11.7.